The number of nitrogens with one attached hydrogen (secondary N) is 1. The minimum Gasteiger partial charge on any atom is -0.341 e. The lowest BCUT2D eigenvalue weighted by Crippen LogP contribution is -2.46. The van der Waals surface area contributed by atoms with Gasteiger partial charge in [0, 0.05) is 19.3 Å². The number of hydrogen-bond donors (Lipinski definition) is 1. The summed E-state index contributed by atoms with van der Waals surface area (Å²) in [7, 11) is 0. The molecular formula is C13H18ClN3O2. The van der Waals surface area contributed by atoms with Gasteiger partial charge in [-0.05, 0) is 32.9 Å². The van der Waals surface area contributed by atoms with Crippen molar-refractivity contribution in [3.63, 3.8) is 0 Å². The van der Waals surface area contributed by atoms with Gasteiger partial charge in [0.05, 0.1) is 5.56 Å². The highest BCUT2D eigenvalue weighted by atomic mass is 35.5. The number of carbonyl (C=O) groups is 2. The predicted molar refractivity (Wildman–Crippen MR) is 74.1 cm³/mol. The topological polar surface area (TPSA) is 62.3 Å². The molecule has 1 aromatic heterocycles. The Kier molecular flexibility index (Phi) is 5.76. The molecule has 0 aliphatic rings. The number of hydrogen-bond acceptors (Lipinski definition) is 3. The second-order valence-electron chi connectivity index (χ2n) is 4.05. The van der Waals surface area contributed by atoms with E-state index in [0.29, 0.717) is 13.1 Å². The number of nitrogens with zero attached hydrogens (tertiary/aromatic N) is 2. The highest BCUT2D eigenvalue weighted by Gasteiger charge is 2.21. The van der Waals surface area contributed by atoms with E-state index in [1.165, 1.54) is 6.20 Å². The molecule has 0 fully saturated rings. The second-order valence-corrected chi connectivity index (χ2v) is 4.41. The number of carbonyl (C=O) groups excluding carboxylic acids is 2. The van der Waals surface area contributed by atoms with Crippen molar-refractivity contribution >= 4 is 23.4 Å². The molecular weight excluding hydrogens is 266 g/mol. The van der Waals surface area contributed by atoms with Crippen LogP contribution in [-0.4, -0.2) is 40.8 Å². The van der Waals surface area contributed by atoms with E-state index in [-0.39, 0.29) is 16.6 Å². The van der Waals surface area contributed by atoms with Gasteiger partial charge in [0.1, 0.15) is 11.2 Å². The molecule has 0 aliphatic heterocycles. The fraction of sp³-hybridized carbons (Fsp3) is 0.462. The molecule has 0 bridgehead atoms. The van der Waals surface area contributed by atoms with Gasteiger partial charge in [-0.25, -0.2) is 4.98 Å². The van der Waals surface area contributed by atoms with Crippen LogP contribution in [0.4, 0.5) is 0 Å². The van der Waals surface area contributed by atoms with Crippen LogP contribution in [0.15, 0.2) is 18.3 Å². The van der Waals surface area contributed by atoms with Crippen molar-refractivity contribution < 1.29 is 9.59 Å². The third kappa shape index (κ3) is 3.92. The molecule has 104 valence electrons. The summed E-state index contributed by atoms with van der Waals surface area (Å²) >= 11 is 5.83. The van der Waals surface area contributed by atoms with Gasteiger partial charge in [-0.2, -0.15) is 0 Å². The van der Waals surface area contributed by atoms with Crippen molar-refractivity contribution in [2.75, 3.05) is 13.1 Å². The molecule has 1 aromatic rings. The molecule has 1 heterocycles. The van der Waals surface area contributed by atoms with Crippen LogP contribution in [-0.2, 0) is 4.79 Å². The number of aromatic nitrogens is 1. The fourth-order valence-electron chi connectivity index (χ4n) is 1.70. The summed E-state index contributed by atoms with van der Waals surface area (Å²) in [6, 6.07) is 2.60. The Labute approximate surface area is 118 Å². The molecule has 6 heteroatoms. The quantitative estimate of drug-likeness (QED) is 0.837. The number of pyridine rings is 1. The molecule has 0 saturated carbocycles. The van der Waals surface area contributed by atoms with Crippen molar-refractivity contribution in [2.45, 2.75) is 26.8 Å². The van der Waals surface area contributed by atoms with E-state index in [2.05, 4.69) is 10.3 Å². The van der Waals surface area contributed by atoms with Crippen LogP contribution in [0.2, 0.25) is 5.15 Å². The third-order valence-electron chi connectivity index (χ3n) is 2.80. The molecule has 0 saturated heterocycles. The van der Waals surface area contributed by atoms with Crippen LogP contribution in [0, 0.1) is 0 Å². The van der Waals surface area contributed by atoms with Crippen LogP contribution >= 0.6 is 11.6 Å². The van der Waals surface area contributed by atoms with Crippen molar-refractivity contribution in [3.8, 4) is 0 Å². The van der Waals surface area contributed by atoms with Crippen LogP contribution in [0.1, 0.15) is 31.1 Å². The first-order valence-corrected chi connectivity index (χ1v) is 6.59. The molecule has 19 heavy (non-hydrogen) atoms. The molecule has 1 atom stereocenters. The second kappa shape index (κ2) is 7.09. The number of rotatable bonds is 5. The molecule has 5 nitrogen and oxygen atoms in total. The third-order valence-corrected chi connectivity index (χ3v) is 3.10. The normalized spacial score (nSPS) is 11.8. The van der Waals surface area contributed by atoms with Crippen LogP contribution in [0.25, 0.3) is 0 Å². The van der Waals surface area contributed by atoms with E-state index < -0.39 is 11.9 Å². The lowest BCUT2D eigenvalue weighted by atomic mass is 10.2. The summed E-state index contributed by atoms with van der Waals surface area (Å²) in [4.78, 5) is 29.5. The molecule has 2 amide bonds. The van der Waals surface area contributed by atoms with Crippen LogP contribution in [0.5, 0.6) is 0 Å². The van der Waals surface area contributed by atoms with Gasteiger partial charge in [0.2, 0.25) is 5.91 Å². The highest BCUT2D eigenvalue weighted by molar-refractivity contribution is 6.32. The Morgan fingerprint density at radius 3 is 2.58 bits per heavy atom. The number of likely N-dealkylation sites (N-methyl/N-ethyl adjacent to an activating group) is 1. The Balaban J connectivity index is 2.72. The first-order chi connectivity index (χ1) is 9.01. The molecule has 1 unspecified atom stereocenters. The van der Waals surface area contributed by atoms with Crippen molar-refractivity contribution in [1.29, 1.82) is 0 Å². The minimum atomic E-state index is -0.594. The van der Waals surface area contributed by atoms with E-state index in [1.807, 2.05) is 13.8 Å². The first kappa shape index (κ1) is 15.4. The molecule has 0 radical (unpaired) electrons. The van der Waals surface area contributed by atoms with E-state index in [4.69, 9.17) is 11.6 Å². The first-order valence-electron chi connectivity index (χ1n) is 6.21. The van der Waals surface area contributed by atoms with Gasteiger partial charge >= 0.3 is 0 Å². The van der Waals surface area contributed by atoms with E-state index in [9.17, 15) is 9.59 Å². The zero-order valence-corrected chi connectivity index (χ0v) is 12.1. The minimum absolute atomic E-state index is 0.113. The standard InChI is InChI=1S/C13H18ClN3O2/c1-4-17(5-2)13(19)9(3)16-12(18)10-7-6-8-15-11(10)14/h6-9H,4-5H2,1-3H3,(H,16,18). The highest BCUT2D eigenvalue weighted by Crippen LogP contribution is 2.11. The Morgan fingerprint density at radius 1 is 1.42 bits per heavy atom. The maximum Gasteiger partial charge on any atom is 0.255 e. The summed E-state index contributed by atoms with van der Waals surface area (Å²) in [6.07, 6.45) is 1.50. The molecule has 1 rings (SSSR count). The van der Waals surface area contributed by atoms with E-state index in [1.54, 1.807) is 24.0 Å². The van der Waals surface area contributed by atoms with Gasteiger partial charge in [0.15, 0.2) is 0 Å². The Morgan fingerprint density at radius 2 is 2.05 bits per heavy atom. The Bertz CT molecular complexity index is 461. The van der Waals surface area contributed by atoms with Crippen molar-refractivity contribution in [1.82, 2.24) is 15.2 Å². The lowest BCUT2D eigenvalue weighted by Gasteiger charge is -2.23. The molecule has 0 aromatic carbocycles. The monoisotopic (exact) mass is 283 g/mol. The largest absolute Gasteiger partial charge is 0.341 e. The van der Waals surface area contributed by atoms with E-state index in [0.717, 1.165) is 0 Å². The van der Waals surface area contributed by atoms with Gasteiger partial charge in [-0.15, -0.1) is 0 Å². The van der Waals surface area contributed by atoms with Gasteiger partial charge in [-0.1, -0.05) is 11.6 Å². The summed E-state index contributed by atoms with van der Waals surface area (Å²) < 4.78 is 0. The van der Waals surface area contributed by atoms with Crippen LogP contribution < -0.4 is 5.32 Å². The molecule has 0 spiro atoms. The summed E-state index contributed by atoms with van der Waals surface area (Å²) in [5.74, 6) is -0.510. The average Bonchev–Trinajstić information content (AvgIpc) is 2.40. The smallest absolute Gasteiger partial charge is 0.255 e. The maximum atomic E-state index is 12.0. The van der Waals surface area contributed by atoms with Gasteiger partial charge in [-0.3, -0.25) is 9.59 Å². The summed E-state index contributed by atoms with van der Waals surface area (Å²) in [6.45, 7) is 6.68. The SMILES string of the molecule is CCN(CC)C(=O)C(C)NC(=O)c1cccnc1Cl. The Hall–Kier alpha value is -1.62. The summed E-state index contributed by atoms with van der Waals surface area (Å²) in [5.41, 5.74) is 0.267. The molecule has 1 N–H and O–H groups in total. The summed E-state index contributed by atoms with van der Waals surface area (Å²) in [5, 5.41) is 2.76. The predicted octanol–water partition coefficient (Wildman–Crippen LogP) is 1.72. The zero-order chi connectivity index (χ0) is 14.4. The van der Waals surface area contributed by atoms with Crippen LogP contribution in [0.3, 0.4) is 0 Å². The van der Waals surface area contributed by atoms with E-state index >= 15 is 0 Å². The maximum absolute atomic E-state index is 12.0. The van der Waals surface area contributed by atoms with Gasteiger partial charge < -0.3 is 10.2 Å². The van der Waals surface area contributed by atoms with Crippen molar-refractivity contribution in [2.24, 2.45) is 0 Å². The lowest BCUT2D eigenvalue weighted by molar-refractivity contribution is -0.132. The number of halogens is 1. The van der Waals surface area contributed by atoms with Gasteiger partial charge in [0.25, 0.3) is 5.91 Å². The fourth-order valence-corrected chi connectivity index (χ4v) is 1.91. The average molecular weight is 284 g/mol. The zero-order valence-electron chi connectivity index (χ0n) is 11.3. The van der Waals surface area contributed by atoms with Crippen molar-refractivity contribution in [3.05, 3.63) is 29.0 Å². The number of amides is 2. The molecule has 0 aliphatic carbocycles.